The molecular weight excluding hydrogens is 566 g/mol. The number of amides is 1. The molecule has 14 nitrogen and oxygen atoms in total. The number of esters is 1. The van der Waals surface area contributed by atoms with Crippen molar-refractivity contribution in [2.45, 2.75) is 52.8 Å². The first-order valence-corrected chi connectivity index (χ1v) is 15.1. The molecule has 1 aliphatic rings. The molecule has 0 saturated heterocycles. The van der Waals surface area contributed by atoms with Crippen molar-refractivity contribution in [1.29, 1.82) is 0 Å². The zero-order chi connectivity index (χ0) is 28.3. The zero-order valence-corrected chi connectivity index (χ0v) is 22.7. The second-order valence-electron chi connectivity index (χ2n) is 8.29. The lowest BCUT2D eigenvalue weighted by molar-refractivity contribution is -0.492. The number of hydrogen-bond acceptors (Lipinski definition) is 14. The summed E-state index contributed by atoms with van der Waals surface area (Å²) in [7, 11) is -8.19. The lowest BCUT2D eigenvalue weighted by Crippen LogP contribution is -2.33. The van der Waals surface area contributed by atoms with Gasteiger partial charge in [-0.1, -0.05) is 6.92 Å². The first-order valence-electron chi connectivity index (χ1n) is 11.3. The SMILES string of the molecule is CCN[C@H]1CC(C)S(=O)(=O)c2sc(S(=O)(=O)NC(=O)c3ccc(OC(=O)CCCON(O)O)c(O)c3)cc21. The Kier molecular flexibility index (Phi) is 9.48. The number of sulfone groups is 1. The number of aromatic hydroxyl groups is 1. The summed E-state index contributed by atoms with van der Waals surface area (Å²) in [5.74, 6) is -2.79. The normalized spacial score (nSPS) is 18.7. The van der Waals surface area contributed by atoms with Crippen LogP contribution in [-0.4, -0.2) is 68.0 Å². The van der Waals surface area contributed by atoms with Crippen LogP contribution in [0.2, 0.25) is 0 Å². The van der Waals surface area contributed by atoms with Crippen LogP contribution < -0.4 is 14.8 Å². The van der Waals surface area contributed by atoms with E-state index in [2.05, 4.69) is 10.2 Å². The van der Waals surface area contributed by atoms with E-state index in [4.69, 9.17) is 15.2 Å². The van der Waals surface area contributed by atoms with Gasteiger partial charge in [0.05, 0.1) is 17.2 Å². The highest BCUT2D eigenvalue weighted by Gasteiger charge is 2.39. The summed E-state index contributed by atoms with van der Waals surface area (Å²) >= 11 is 0.565. The monoisotopic (exact) mass is 593 g/mol. The van der Waals surface area contributed by atoms with Crippen LogP contribution in [0, 0.1) is 0 Å². The number of rotatable bonds is 11. The molecule has 1 aromatic heterocycles. The Bertz CT molecular complexity index is 1400. The Balaban J connectivity index is 1.73. The molecule has 210 valence electrons. The molecule has 0 fully saturated rings. The van der Waals surface area contributed by atoms with Crippen LogP contribution in [0.15, 0.2) is 32.7 Å². The average molecular weight is 594 g/mol. The highest BCUT2D eigenvalue weighted by Crippen LogP contribution is 2.42. The number of phenols is 1. The van der Waals surface area contributed by atoms with Gasteiger partial charge in [-0.3, -0.25) is 24.8 Å². The Morgan fingerprint density at radius 1 is 1.24 bits per heavy atom. The molecule has 38 heavy (non-hydrogen) atoms. The van der Waals surface area contributed by atoms with Gasteiger partial charge in [0, 0.05) is 23.6 Å². The quantitative estimate of drug-likeness (QED) is 0.108. The number of carbonyl (C=O) groups excluding carboxylic acids is 2. The minimum Gasteiger partial charge on any atom is -0.504 e. The summed E-state index contributed by atoms with van der Waals surface area (Å²) in [5, 5.41) is 28.9. The second kappa shape index (κ2) is 12.0. The van der Waals surface area contributed by atoms with Gasteiger partial charge in [-0.25, -0.2) is 21.6 Å². The second-order valence-corrected chi connectivity index (χ2v) is 13.8. The molecule has 2 aromatic rings. The maximum Gasteiger partial charge on any atom is 0.311 e. The van der Waals surface area contributed by atoms with Crippen molar-refractivity contribution in [1.82, 2.24) is 15.4 Å². The van der Waals surface area contributed by atoms with E-state index in [9.17, 15) is 31.5 Å². The predicted octanol–water partition coefficient (Wildman–Crippen LogP) is 1.49. The number of phenolic OH excluding ortho intramolecular Hbond substituents is 1. The molecule has 2 heterocycles. The highest BCUT2D eigenvalue weighted by atomic mass is 32.3. The van der Waals surface area contributed by atoms with Crippen molar-refractivity contribution < 1.29 is 51.5 Å². The van der Waals surface area contributed by atoms with Crippen LogP contribution in [0.4, 0.5) is 0 Å². The molecule has 1 unspecified atom stereocenters. The minimum absolute atomic E-state index is 0.0598. The van der Waals surface area contributed by atoms with Crippen molar-refractivity contribution in [3.8, 4) is 11.5 Å². The van der Waals surface area contributed by atoms with E-state index in [0.717, 1.165) is 18.2 Å². The van der Waals surface area contributed by atoms with Gasteiger partial charge >= 0.3 is 5.97 Å². The van der Waals surface area contributed by atoms with Gasteiger partial charge in [0.2, 0.25) is 0 Å². The number of fused-ring (bicyclic) bond motifs is 1. The van der Waals surface area contributed by atoms with Crippen molar-refractivity contribution >= 4 is 43.1 Å². The first kappa shape index (κ1) is 29.9. The van der Waals surface area contributed by atoms with Crippen LogP contribution in [0.5, 0.6) is 11.5 Å². The number of ether oxygens (including phenoxy) is 1. The van der Waals surface area contributed by atoms with Gasteiger partial charge in [-0.15, -0.1) is 11.3 Å². The van der Waals surface area contributed by atoms with Crippen LogP contribution in [-0.2, 0) is 29.5 Å². The standard InChI is InChI=1S/C21H27N3O11S3/c1-3-22-15-9-12(2)37(30,31)21-14(15)11-19(36-21)38(32,33)23-20(27)13-6-7-17(16(25)10-13)35-18(26)5-4-8-34-24(28)29/h6-7,10-12,15,22,25,28-29H,3-5,8-9H2,1-2H3,(H,23,27)/t12?,15-/m0/s1. The third-order valence-electron chi connectivity index (χ3n) is 5.55. The molecule has 2 atom stereocenters. The molecule has 0 spiro atoms. The molecule has 1 aliphatic heterocycles. The van der Waals surface area contributed by atoms with E-state index in [-0.39, 0.29) is 51.6 Å². The van der Waals surface area contributed by atoms with E-state index in [1.165, 1.54) is 6.07 Å². The van der Waals surface area contributed by atoms with Crippen molar-refractivity contribution in [3.63, 3.8) is 0 Å². The number of thiophene rings is 1. The lowest BCUT2D eigenvalue weighted by Gasteiger charge is -2.27. The van der Waals surface area contributed by atoms with Crippen molar-refractivity contribution in [2.75, 3.05) is 13.2 Å². The van der Waals surface area contributed by atoms with E-state index in [1.807, 2.05) is 11.6 Å². The molecule has 0 bridgehead atoms. The van der Waals surface area contributed by atoms with E-state index in [1.54, 1.807) is 6.92 Å². The topological polar surface area (TPSA) is 209 Å². The van der Waals surface area contributed by atoms with E-state index >= 15 is 0 Å². The molecule has 0 radical (unpaired) electrons. The number of carbonyl (C=O) groups is 2. The Labute approximate surface area is 222 Å². The molecule has 0 aliphatic carbocycles. The number of sulfonamides is 1. The summed E-state index contributed by atoms with van der Waals surface area (Å²) in [4.78, 5) is 28.8. The van der Waals surface area contributed by atoms with E-state index in [0.29, 0.717) is 23.4 Å². The average Bonchev–Trinajstić information content (AvgIpc) is 3.30. The smallest absolute Gasteiger partial charge is 0.311 e. The third-order valence-corrected chi connectivity index (χ3v) is 11.3. The molecule has 5 N–H and O–H groups in total. The highest BCUT2D eigenvalue weighted by molar-refractivity contribution is 7.95. The maximum absolute atomic E-state index is 12.9. The van der Waals surface area contributed by atoms with Gasteiger partial charge in [-0.05, 0) is 50.6 Å². The van der Waals surface area contributed by atoms with Crippen LogP contribution in [0.3, 0.4) is 0 Å². The van der Waals surface area contributed by atoms with Gasteiger partial charge in [0.1, 0.15) is 8.42 Å². The maximum atomic E-state index is 12.9. The Hall–Kier alpha value is -2.64. The summed E-state index contributed by atoms with van der Waals surface area (Å²) in [5.41, 5.74) is 0.0709. The third kappa shape index (κ3) is 6.86. The molecule has 1 aromatic carbocycles. The predicted molar refractivity (Wildman–Crippen MR) is 131 cm³/mol. The van der Waals surface area contributed by atoms with Gasteiger partial charge in [-0.2, -0.15) is 0 Å². The number of hydrogen-bond donors (Lipinski definition) is 5. The number of benzene rings is 1. The van der Waals surface area contributed by atoms with Crippen LogP contribution in [0.25, 0.3) is 0 Å². The van der Waals surface area contributed by atoms with Crippen LogP contribution in [0.1, 0.15) is 55.1 Å². The van der Waals surface area contributed by atoms with Gasteiger partial charge in [0.25, 0.3) is 15.9 Å². The summed E-state index contributed by atoms with van der Waals surface area (Å²) in [6.45, 7) is 3.75. The molecular formula is C21H27N3O11S3. The fraction of sp³-hybridized carbons (Fsp3) is 0.429. The van der Waals surface area contributed by atoms with Gasteiger partial charge < -0.3 is 15.2 Å². The summed E-state index contributed by atoms with van der Waals surface area (Å²) in [6, 6.07) is 4.00. The molecule has 1 amide bonds. The fourth-order valence-corrected chi connectivity index (χ4v) is 8.66. The number of nitrogens with one attached hydrogen (secondary N) is 2. The lowest BCUT2D eigenvalue weighted by atomic mass is 10.1. The largest absolute Gasteiger partial charge is 0.504 e. The van der Waals surface area contributed by atoms with Gasteiger partial charge in [0.15, 0.2) is 21.3 Å². The number of nitrogens with zero attached hydrogens (tertiary/aromatic N) is 1. The first-order chi connectivity index (χ1) is 17.8. The summed E-state index contributed by atoms with van der Waals surface area (Å²) < 4.78 is 57.9. The zero-order valence-electron chi connectivity index (χ0n) is 20.3. The fourth-order valence-electron chi connectivity index (χ4n) is 3.68. The van der Waals surface area contributed by atoms with Crippen molar-refractivity contribution in [3.05, 3.63) is 35.4 Å². The van der Waals surface area contributed by atoms with Crippen LogP contribution >= 0.6 is 11.3 Å². The Morgan fingerprint density at radius 2 is 1.95 bits per heavy atom. The minimum atomic E-state index is -4.46. The molecule has 0 saturated carbocycles. The summed E-state index contributed by atoms with van der Waals surface area (Å²) in [6.07, 6.45) is 0.151. The Morgan fingerprint density at radius 3 is 2.58 bits per heavy atom. The molecule has 3 rings (SSSR count). The van der Waals surface area contributed by atoms with E-state index < -0.39 is 48.1 Å². The molecule has 17 heteroatoms. The van der Waals surface area contributed by atoms with Crippen molar-refractivity contribution in [2.24, 2.45) is 0 Å².